The van der Waals surface area contributed by atoms with Crippen LogP contribution in [-0.4, -0.2) is 85.2 Å². The van der Waals surface area contributed by atoms with Crippen LogP contribution in [0.1, 0.15) is 17.7 Å². The lowest BCUT2D eigenvalue weighted by molar-refractivity contribution is 0.168. The van der Waals surface area contributed by atoms with Gasteiger partial charge < -0.3 is 19.6 Å². The molecule has 8 heteroatoms. The van der Waals surface area contributed by atoms with Gasteiger partial charge in [-0.2, -0.15) is 0 Å². The van der Waals surface area contributed by atoms with Gasteiger partial charge in [-0.3, -0.25) is 9.89 Å². The van der Waals surface area contributed by atoms with Gasteiger partial charge in [-0.05, 0) is 30.9 Å². The molecule has 4 rings (SSSR count). The number of hydrogen-bond donors (Lipinski definition) is 1. The number of likely N-dealkylation sites (tertiary alicyclic amines) is 1. The second kappa shape index (κ2) is 12.4. The Balaban J connectivity index is 0.00000272. The second-order valence-corrected chi connectivity index (χ2v) is 8.37. The summed E-state index contributed by atoms with van der Waals surface area (Å²) in [4.78, 5) is 11.9. The normalized spacial score (nSPS) is 20.6. The van der Waals surface area contributed by atoms with Crippen LogP contribution in [0.25, 0.3) is 0 Å². The molecule has 0 saturated carbocycles. The van der Waals surface area contributed by atoms with E-state index in [4.69, 9.17) is 4.52 Å². The predicted octanol–water partition coefficient (Wildman–Crippen LogP) is 2.55. The molecule has 3 heterocycles. The summed E-state index contributed by atoms with van der Waals surface area (Å²) in [7, 11) is 1.89. The fraction of sp³-hybridized carbons (Fsp3) is 0.565. The van der Waals surface area contributed by atoms with E-state index in [0.29, 0.717) is 5.92 Å². The average Bonchev–Trinajstić information content (AvgIpc) is 3.47. The molecule has 2 aromatic rings. The van der Waals surface area contributed by atoms with Crippen LogP contribution < -0.4 is 5.32 Å². The van der Waals surface area contributed by atoms with Crippen molar-refractivity contribution in [2.75, 3.05) is 59.4 Å². The number of nitrogens with one attached hydrogen (secondary N) is 1. The zero-order valence-electron chi connectivity index (χ0n) is 18.4. The van der Waals surface area contributed by atoms with Crippen molar-refractivity contribution in [2.45, 2.75) is 19.4 Å². The largest absolute Gasteiger partial charge is 0.364 e. The van der Waals surface area contributed by atoms with Crippen molar-refractivity contribution in [3.05, 3.63) is 53.9 Å². The molecule has 1 aromatic heterocycles. The molecular formula is C23H35IN6O. The number of rotatable bonds is 7. The van der Waals surface area contributed by atoms with E-state index in [0.717, 1.165) is 63.9 Å². The van der Waals surface area contributed by atoms with Crippen LogP contribution in [-0.2, 0) is 13.0 Å². The maximum Gasteiger partial charge on any atom is 0.193 e. The highest BCUT2D eigenvalue weighted by Gasteiger charge is 2.24. The van der Waals surface area contributed by atoms with Gasteiger partial charge in [0.15, 0.2) is 5.96 Å². The fourth-order valence-corrected chi connectivity index (χ4v) is 4.45. The van der Waals surface area contributed by atoms with Crippen molar-refractivity contribution in [3.63, 3.8) is 0 Å². The average molecular weight is 538 g/mol. The molecule has 1 N–H and O–H groups in total. The maximum atomic E-state index is 4.94. The highest BCUT2D eigenvalue weighted by Crippen LogP contribution is 2.16. The van der Waals surface area contributed by atoms with E-state index in [9.17, 15) is 0 Å². The Labute approximate surface area is 202 Å². The standard InChI is InChI=1S/C23H34N6O.HI/c1-24-23(29-14-12-28(13-15-29)19-22-9-16-30-26-22)25-17-21-8-11-27(18-21)10-7-20-5-3-2-4-6-20;/h2-6,9,16,21H,7-8,10-15,17-19H2,1H3,(H,24,25);1H. The minimum absolute atomic E-state index is 0. The van der Waals surface area contributed by atoms with Gasteiger partial charge in [0.1, 0.15) is 6.26 Å². The second-order valence-electron chi connectivity index (χ2n) is 8.37. The Bertz CT molecular complexity index is 777. The molecule has 2 aliphatic rings. The van der Waals surface area contributed by atoms with Crippen LogP contribution in [0.3, 0.4) is 0 Å². The third kappa shape index (κ3) is 7.18. The van der Waals surface area contributed by atoms with Gasteiger partial charge in [-0.1, -0.05) is 35.5 Å². The molecular weight excluding hydrogens is 503 g/mol. The van der Waals surface area contributed by atoms with E-state index in [-0.39, 0.29) is 24.0 Å². The maximum absolute atomic E-state index is 4.94. The zero-order chi connectivity index (χ0) is 20.6. The molecule has 0 bridgehead atoms. The number of guanidine groups is 1. The molecule has 2 aliphatic heterocycles. The van der Waals surface area contributed by atoms with Gasteiger partial charge in [0, 0.05) is 65.5 Å². The van der Waals surface area contributed by atoms with Crippen molar-refractivity contribution in [1.29, 1.82) is 0 Å². The number of piperazine rings is 1. The first-order valence-electron chi connectivity index (χ1n) is 11.1. The van der Waals surface area contributed by atoms with Crippen LogP contribution in [0.5, 0.6) is 0 Å². The predicted molar refractivity (Wildman–Crippen MR) is 135 cm³/mol. The van der Waals surface area contributed by atoms with Gasteiger partial charge in [0.05, 0.1) is 5.69 Å². The summed E-state index contributed by atoms with van der Waals surface area (Å²) in [5.74, 6) is 1.74. The lowest BCUT2D eigenvalue weighted by Gasteiger charge is -2.36. The number of hydrogen-bond acceptors (Lipinski definition) is 5. The first-order valence-corrected chi connectivity index (χ1v) is 11.1. The lowest BCUT2D eigenvalue weighted by atomic mass is 10.1. The molecule has 1 aromatic carbocycles. The summed E-state index contributed by atoms with van der Waals surface area (Å²) in [6.07, 6.45) is 4.05. The van der Waals surface area contributed by atoms with Crippen LogP contribution in [0.15, 0.2) is 52.2 Å². The number of aromatic nitrogens is 1. The number of halogens is 1. The van der Waals surface area contributed by atoms with Crippen molar-refractivity contribution < 1.29 is 4.52 Å². The molecule has 1 unspecified atom stereocenters. The van der Waals surface area contributed by atoms with E-state index < -0.39 is 0 Å². The van der Waals surface area contributed by atoms with Crippen LogP contribution in [0.2, 0.25) is 0 Å². The zero-order valence-corrected chi connectivity index (χ0v) is 20.8. The Morgan fingerprint density at radius 3 is 2.61 bits per heavy atom. The summed E-state index contributed by atoms with van der Waals surface area (Å²) in [5, 5.41) is 7.66. The van der Waals surface area contributed by atoms with Gasteiger partial charge >= 0.3 is 0 Å². The number of aliphatic imine (C=N–C) groups is 1. The monoisotopic (exact) mass is 538 g/mol. The molecule has 0 aliphatic carbocycles. The van der Waals surface area contributed by atoms with Crippen LogP contribution in [0.4, 0.5) is 0 Å². The molecule has 0 amide bonds. The molecule has 1 atom stereocenters. The Morgan fingerprint density at radius 2 is 1.90 bits per heavy atom. The molecule has 0 spiro atoms. The summed E-state index contributed by atoms with van der Waals surface area (Å²) in [5.41, 5.74) is 2.44. The molecule has 170 valence electrons. The summed E-state index contributed by atoms with van der Waals surface area (Å²) >= 11 is 0. The first-order chi connectivity index (χ1) is 14.8. The minimum Gasteiger partial charge on any atom is -0.364 e. The summed E-state index contributed by atoms with van der Waals surface area (Å²) in [6, 6.07) is 12.7. The highest BCUT2D eigenvalue weighted by atomic mass is 127. The number of nitrogens with zero attached hydrogens (tertiary/aromatic N) is 5. The minimum atomic E-state index is 0. The van der Waals surface area contributed by atoms with Crippen molar-refractivity contribution in [2.24, 2.45) is 10.9 Å². The molecule has 2 fully saturated rings. The van der Waals surface area contributed by atoms with Crippen molar-refractivity contribution in [3.8, 4) is 0 Å². The fourth-order valence-electron chi connectivity index (χ4n) is 4.45. The van der Waals surface area contributed by atoms with E-state index in [1.54, 1.807) is 6.26 Å². The van der Waals surface area contributed by atoms with Crippen LogP contribution in [0, 0.1) is 5.92 Å². The van der Waals surface area contributed by atoms with E-state index in [2.05, 4.69) is 60.5 Å². The van der Waals surface area contributed by atoms with E-state index in [1.165, 1.54) is 25.1 Å². The Morgan fingerprint density at radius 1 is 1.10 bits per heavy atom. The molecule has 2 saturated heterocycles. The summed E-state index contributed by atoms with van der Waals surface area (Å²) < 4.78 is 4.94. The van der Waals surface area contributed by atoms with Gasteiger partial charge in [0.2, 0.25) is 0 Å². The van der Waals surface area contributed by atoms with Gasteiger partial charge in [-0.25, -0.2) is 0 Å². The van der Waals surface area contributed by atoms with Crippen molar-refractivity contribution >= 4 is 29.9 Å². The Kier molecular flexibility index (Phi) is 9.60. The number of benzene rings is 1. The topological polar surface area (TPSA) is 60.1 Å². The van der Waals surface area contributed by atoms with E-state index >= 15 is 0 Å². The third-order valence-corrected chi connectivity index (χ3v) is 6.24. The Hall–Kier alpha value is -1.65. The first kappa shape index (κ1) is 24.0. The van der Waals surface area contributed by atoms with Gasteiger partial charge in [-0.15, -0.1) is 24.0 Å². The third-order valence-electron chi connectivity index (χ3n) is 6.24. The smallest absolute Gasteiger partial charge is 0.193 e. The highest BCUT2D eigenvalue weighted by molar-refractivity contribution is 14.0. The van der Waals surface area contributed by atoms with Crippen LogP contribution >= 0.6 is 24.0 Å². The lowest BCUT2D eigenvalue weighted by Crippen LogP contribution is -2.52. The molecule has 7 nitrogen and oxygen atoms in total. The quantitative estimate of drug-likeness (QED) is 0.332. The summed E-state index contributed by atoms with van der Waals surface area (Å²) in [6.45, 7) is 9.43. The van der Waals surface area contributed by atoms with Gasteiger partial charge in [0.25, 0.3) is 0 Å². The van der Waals surface area contributed by atoms with Crippen molar-refractivity contribution in [1.82, 2.24) is 25.2 Å². The van der Waals surface area contributed by atoms with E-state index in [1.807, 2.05) is 13.1 Å². The SMILES string of the molecule is CN=C(NCC1CCN(CCc2ccccc2)C1)N1CCN(Cc2ccon2)CC1.I. The molecule has 31 heavy (non-hydrogen) atoms. The molecule has 0 radical (unpaired) electrons.